The molecule has 0 fully saturated rings. The maximum atomic E-state index is 13.9. The Morgan fingerprint density at radius 2 is 1.84 bits per heavy atom. The molecule has 2 aromatic carbocycles. The zero-order chi connectivity index (χ0) is 13.8. The molecule has 0 spiro atoms. The van der Waals surface area contributed by atoms with E-state index in [0.29, 0.717) is 5.69 Å². The molecule has 0 aromatic heterocycles. The van der Waals surface area contributed by atoms with Gasteiger partial charge in [0.15, 0.2) is 0 Å². The molecule has 3 heteroatoms. The van der Waals surface area contributed by atoms with Gasteiger partial charge in [-0.2, -0.15) is 0 Å². The van der Waals surface area contributed by atoms with E-state index in [1.54, 1.807) is 6.07 Å². The Hall–Kier alpha value is -1.35. The molecule has 0 saturated carbocycles. The molecule has 1 unspecified atom stereocenters. The number of rotatable bonds is 4. The maximum absolute atomic E-state index is 13.9. The zero-order valence-electron chi connectivity index (χ0n) is 11.1. The first-order chi connectivity index (χ1) is 9.11. The normalized spacial score (nSPS) is 12.2. The van der Waals surface area contributed by atoms with Crippen LogP contribution < -0.4 is 5.32 Å². The molecule has 0 radical (unpaired) electrons. The van der Waals surface area contributed by atoms with Crippen molar-refractivity contribution in [3.05, 3.63) is 63.9 Å². The number of para-hydroxylation sites is 1. The van der Waals surface area contributed by atoms with Gasteiger partial charge in [-0.3, -0.25) is 0 Å². The van der Waals surface area contributed by atoms with E-state index in [2.05, 4.69) is 40.3 Å². The van der Waals surface area contributed by atoms with Crippen LogP contribution in [0, 0.1) is 12.7 Å². The number of nitrogens with one attached hydrogen (secondary N) is 1. The summed E-state index contributed by atoms with van der Waals surface area (Å²) in [6.45, 7) is 4.01. The largest absolute Gasteiger partial charge is 0.376 e. The first-order valence-corrected chi connectivity index (χ1v) is 7.18. The van der Waals surface area contributed by atoms with Crippen LogP contribution in [0.2, 0.25) is 0 Å². The summed E-state index contributed by atoms with van der Waals surface area (Å²) in [4.78, 5) is 0. The molecule has 100 valence electrons. The Morgan fingerprint density at radius 3 is 2.42 bits per heavy atom. The molecule has 0 aliphatic heterocycles. The van der Waals surface area contributed by atoms with Crippen molar-refractivity contribution in [1.29, 1.82) is 0 Å². The summed E-state index contributed by atoms with van der Waals surface area (Å²) < 4.78 is 14.9. The Bertz CT molecular complexity index is 531. The quantitative estimate of drug-likeness (QED) is 0.788. The smallest absolute Gasteiger partial charge is 0.146 e. The van der Waals surface area contributed by atoms with Crippen molar-refractivity contribution in [2.45, 2.75) is 26.3 Å². The first kappa shape index (κ1) is 14.1. The highest BCUT2D eigenvalue weighted by Crippen LogP contribution is 2.27. The summed E-state index contributed by atoms with van der Waals surface area (Å²) in [5.41, 5.74) is 2.68. The van der Waals surface area contributed by atoms with E-state index < -0.39 is 0 Å². The third-order valence-electron chi connectivity index (χ3n) is 3.22. The van der Waals surface area contributed by atoms with Gasteiger partial charge in [-0.05, 0) is 42.7 Å². The minimum Gasteiger partial charge on any atom is -0.376 e. The predicted octanol–water partition coefficient (Wildman–Crippen LogP) is 5.46. The van der Waals surface area contributed by atoms with E-state index in [-0.39, 0.29) is 11.9 Å². The van der Waals surface area contributed by atoms with Gasteiger partial charge in [0.05, 0.1) is 11.7 Å². The van der Waals surface area contributed by atoms with Crippen molar-refractivity contribution >= 4 is 21.6 Å². The van der Waals surface area contributed by atoms with Gasteiger partial charge >= 0.3 is 0 Å². The van der Waals surface area contributed by atoms with Gasteiger partial charge in [0, 0.05) is 4.47 Å². The SMILES string of the molecule is CCC(Nc1c(C)cccc1F)c1ccc(Br)cc1. The molecule has 2 aromatic rings. The second kappa shape index (κ2) is 6.20. The minimum atomic E-state index is -0.199. The fourth-order valence-corrected chi connectivity index (χ4v) is 2.37. The lowest BCUT2D eigenvalue weighted by Crippen LogP contribution is -2.11. The summed E-state index contributed by atoms with van der Waals surface area (Å²) in [6.07, 6.45) is 0.898. The second-order valence-corrected chi connectivity index (χ2v) is 5.50. The highest BCUT2D eigenvalue weighted by atomic mass is 79.9. The summed E-state index contributed by atoms with van der Waals surface area (Å²) in [6, 6.07) is 13.4. The summed E-state index contributed by atoms with van der Waals surface area (Å²) >= 11 is 3.43. The van der Waals surface area contributed by atoms with E-state index in [1.807, 2.05) is 25.1 Å². The monoisotopic (exact) mass is 321 g/mol. The van der Waals surface area contributed by atoms with Crippen LogP contribution in [0.4, 0.5) is 10.1 Å². The number of hydrogen-bond acceptors (Lipinski definition) is 1. The van der Waals surface area contributed by atoms with Crippen molar-refractivity contribution in [2.24, 2.45) is 0 Å². The number of hydrogen-bond donors (Lipinski definition) is 1. The fraction of sp³-hybridized carbons (Fsp3) is 0.250. The van der Waals surface area contributed by atoms with Crippen LogP contribution >= 0.6 is 15.9 Å². The van der Waals surface area contributed by atoms with Crippen LogP contribution in [0.3, 0.4) is 0 Å². The van der Waals surface area contributed by atoms with Crippen LogP contribution in [-0.2, 0) is 0 Å². The molecule has 19 heavy (non-hydrogen) atoms. The van der Waals surface area contributed by atoms with Crippen molar-refractivity contribution in [1.82, 2.24) is 0 Å². The van der Waals surface area contributed by atoms with Gasteiger partial charge in [0.2, 0.25) is 0 Å². The highest BCUT2D eigenvalue weighted by molar-refractivity contribution is 9.10. The number of anilines is 1. The van der Waals surface area contributed by atoms with Crippen molar-refractivity contribution in [3.63, 3.8) is 0 Å². The second-order valence-electron chi connectivity index (χ2n) is 4.59. The Balaban J connectivity index is 2.26. The topological polar surface area (TPSA) is 12.0 Å². The van der Waals surface area contributed by atoms with Gasteiger partial charge in [-0.1, -0.05) is 47.1 Å². The van der Waals surface area contributed by atoms with Crippen LogP contribution in [0.5, 0.6) is 0 Å². The van der Waals surface area contributed by atoms with Gasteiger partial charge in [-0.25, -0.2) is 4.39 Å². The Labute approximate surface area is 122 Å². The van der Waals surface area contributed by atoms with Crippen LogP contribution in [-0.4, -0.2) is 0 Å². The van der Waals surface area contributed by atoms with Crippen LogP contribution in [0.25, 0.3) is 0 Å². The lowest BCUT2D eigenvalue weighted by atomic mass is 10.0. The number of aryl methyl sites for hydroxylation is 1. The Kier molecular flexibility index (Phi) is 4.59. The number of benzene rings is 2. The molecule has 0 bridgehead atoms. The van der Waals surface area contributed by atoms with Crippen molar-refractivity contribution < 1.29 is 4.39 Å². The van der Waals surface area contributed by atoms with E-state index in [1.165, 1.54) is 6.07 Å². The summed E-state index contributed by atoms with van der Waals surface area (Å²) in [7, 11) is 0. The summed E-state index contributed by atoms with van der Waals surface area (Å²) in [5.74, 6) is -0.199. The molecule has 1 atom stereocenters. The van der Waals surface area contributed by atoms with Gasteiger partial charge < -0.3 is 5.32 Å². The van der Waals surface area contributed by atoms with E-state index in [0.717, 1.165) is 22.0 Å². The summed E-state index contributed by atoms with van der Waals surface area (Å²) in [5, 5.41) is 3.31. The number of halogens is 2. The van der Waals surface area contributed by atoms with Gasteiger partial charge in [-0.15, -0.1) is 0 Å². The van der Waals surface area contributed by atoms with Gasteiger partial charge in [0.1, 0.15) is 5.82 Å². The first-order valence-electron chi connectivity index (χ1n) is 6.39. The molecule has 0 heterocycles. The van der Waals surface area contributed by atoms with E-state index in [9.17, 15) is 4.39 Å². The standard InChI is InChI=1S/C16H17BrFN/c1-3-15(12-7-9-13(17)10-8-12)19-16-11(2)5-4-6-14(16)18/h4-10,15,19H,3H2,1-2H3. The maximum Gasteiger partial charge on any atom is 0.146 e. The average molecular weight is 322 g/mol. The molecule has 1 N–H and O–H groups in total. The molecular weight excluding hydrogens is 305 g/mol. The third kappa shape index (κ3) is 3.35. The van der Waals surface area contributed by atoms with Crippen molar-refractivity contribution in [3.8, 4) is 0 Å². The van der Waals surface area contributed by atoms with Crippen molar-refractivity contribution in [2.75, 3.05) is 5.32 Å². The van der Waals surface area contributed by atoms with Crippen LogP contribution in [0.15, 0.2) is 46.9 Å². The van der Waals surface area contributed by atoms with Gasteiger partial charge in [0.25, 0.3) is 0 Å². The minimum absolute atomic E-state index is 0.115. The third-order valence-corrected chi connectivity index (χ3v) is 3.75. The molecule has 0 amide bonds. The average Bonchev–Trinajstić information content (AvgIpc) is 2.40. The molecule has 0 aliphatic carbocycles. The van der Waals surface area contributed by atoms with E-state index in [4.69, 9.17) is 0 Å². The molecule has 0 aliphatic rings. The van der Waals surface area contributed by atoms with E-state index >= 15 is 0 Å². The van der Waals surface area contributed by atoms with Crippen LogP contribution in [0.1, 0.15) is 30.5 Å². The lowest BCUT2D eigenvalue weighted by molar-refractivity contribution is 0.622. The predicted molar refractivity (Wildman–Crippen MR) is 81.9 cm³/mol. The lowest BCUT2D eigenvalue weighted by Gasteiger charge is -2.20. The molecular formula is C16H17BrFN. The highest BCUT2D eigenvalue weighted by Gasteiger charge is 2.13. The fourth-order valence-electron chi connectivity index (χ4n) is 2.11. The molecule has 0 saturated heterocycles. The molecule has 2 rings (SSSR count). The zero-order valence-corrected chi connectivity index (χ0v) is 12.7. The Morgan fingerprint density at radius 1 is 1.16 bits per heavy atom. The molecule has 1 nitrogen and oxygen atoms in total.